The zero-order valence-electron chi connectivity index (χ0n) is 12.9. The molecule has 2 aromatic rings. The van der Waals surface area contributed by atoms with Crippen LogP contribution in [-0.2, 0) is 6.42 Å². The summed E-state index contributed by atoms with van der Waals surface area (Å²) in [5, 5.41) is 9.26. The van der Waals surface area contributed by atoms with Crippen LogP contribution in [0.1, 0.15) is 18.4 Å². The van der Waals surface area contributed by atoms with Crippen molar-refractivity contribution in [1.29, 1.82) is 0 Å². The first-order valence-corrected chi connectivity index (χ1v) is 7.90. The van der Waals surface area contributed by atoms with Gasteiger partial charge in [-0.1, -0.05) is 0 Å². The van der Waals surface area contributed by atoms with Crippen molar-refractivity contribution in [2.24, 2.45) is 5.92 Å². The number of halogens is 1. The van der Waals surface area contributed by atoms with Crippen LogP contribution in [0.4, 0.5) is 15.0 Å². The highest BCUT2D eigenvalue weighted by molar-refractivity contribution is 5.89. The van der Waals surface area contributed by atoms with Crippen LogP contribution in [0.5, 0.6) is 5.75 Å². The summed E-state index contributed by atoms with van der Waals surface area (Å²) in [6, 6.07) is 4.34. The first-order chi connectivity index (χ1) is 11.6. The number of aromatic nitrogens is 2. The minimum atomic E-state index is -1.04. The minimum Gasteiger partial charge on any atom is -0.492 e. The molecule has 2 heterocycles. The number of fused-ring (bicyclic) bond motifs is 1. The van der Waals surface area contributed by atoms with Gasteiger partial charge in [-0.3, -0.25) is 4.90 Å². The Kier molecular flexibility index (Phi) is 3.55. The van der Waals surface area contributed by atoms with Gasteiger partial charge in [0.2, 0.25) is 0 Å². The minimum absolute atomic E-state index is 0.343. The molecule has 1 saturated carbocycles. The van der Waals surface area contributed by atoms with Gasteiger partial charge in [0.25, 0.3) is 0 Å². The number of benzene rings is 1. The summed E-state index contributed by atoms with van der Waals surface area (Å²) >= 11 is 0. The Morgan fingerprint density at radius 1 is 1.38 bits per heavy atom. The summed E-state index contributed by atoms with van der Waals surface area (Å²) in [7, 11) is 0. The van der Waals surface area contributed by atoms with Crippen molar-refractivity contribution in [1.82, 2.24) is 9.97 Å². The summed E-state index contributed by atoms with van der Waals surface area (Å²) in [6.07, 6.45) is 3.10. The van der Waals surface area contributed by atoms with E-state index in [0.29, 0.717) is 48.3 Å². The van der Waals surface area contributed by atoms with Gasteiger partial charge >= 0.3 is 6.09 Å². The van der Waals surface area contributed by atoms with Crippen molar-refractivity contribution >= 4 is 11.9 Å². The lowest BCUT2D eigenvalue weighted by Gasteiger charge is -2.14. The topological polar surface area (TPSA) is 75.5 Å². The van der Waals surface area contributed by atoms with E-state index in [1.807, 2.05) is 0 Å². The lowest BCUT2D eigenvalue weighted by molar-refractivity contribution is 0.202. The van der Waals surface area contributed by atoms with E-state index in [2.05, 4.69) is 9.97 Å². The van der Waals surface area contributed by atoms with E-state index in [0.717, 1.165) is 18.4 Å². The highest BCUT2D eigenvalue weighted by Crippen LogP contribution is 2.38. The van der Waals surface area contributed by atoms with Gasteiger partial charge in [-0.05, 0) is 37.3 Å². The fraction of sp³-hybridized carbons (Fsp3) is 0.353. The number of anilines is 1. The van der Waals surface area contributed by atoms with Crippen LogP contribution < -0.4 is 9.64 Å². The van der Waals surface area contributed by atoms with Gasteiger partial charge in [-0.2, -0.15) is 0 Å². The van der Waals surface area contributed by atoms with Crippen molar-refractivity contribution < 1.29 is 19.0 Å². The zero-order valence-corrected chi connectivity index (χ0v) is 12.9. The highest BCUT2D eigenvalue weighted by atomic mass is 19.1. The molecule has 7 heteroatoms. The number of hydrogen-bond acceptors (Lipinski definition) is 4. The Labute approximate surface area is 137 Å². The second kappa shape index (κ2) is 5.74. The standard InChI is InChI=1S/C17H16FN3O3/c18-11-3-4-12(14(7-11)24-8-10-1-2-10)15-13-5-6-21(17(22)23)16(13)20-9-19-15/h3-4,7,9-10H,1-2,5-6,8H2,(H,22,23). The van der Waals surface area contributed by atoms with Gasteiger partial charge in [0.05, 0.1) is 12.3 Å². The van der Waals surface area contributed by atoms with Crippen molar-refractivity contribution in [2.75, 3.05) is 18.1 Å². The molecule has 1 N–H and O–H groups in total. The molecule has 0 unspecified atom stereocenters. The maximum atomic E-state index is 13.6. The number of carboxylic acid groups (broad SMARTS) is 1. The predicted octanol–water partition coefficient (Wildman–Crippen LogP) is 3.11. The fourth-order valence-electron chi connectivity index (χ4n) is 2.92. The summed E-state index contributed by atoms with van der Waals surface area (Å²) in [4.78, 5) is 20.9. The molecule has 1 fully saturated rings. The molecule has 0 spiro atoms. The number of ether oxygens (including phenoxy) is 1. The number of rotatable bonds is 4. The van der Waals surface area contributed by atoms with Crippen molar-refractivity contribution in [3.8, 4) is 17.0 Å². The fourth-order valence-corrected chi connectivity index (χ4v) is 2.92. The van der Waals surface area contributed by atoms with E-state index < -0.39 is 6.09 Å². The van der Waals surface area contributed by atoms with Crippen LogP contribution in [0.25, 0.3) is 11.3 Å². The predicted molar refractivity (Wildman–Crippen MR) is 84.7 cm³/mol. The molecule has 2 aliphatic rings. The van der Waals surface area contributed by atoms with E-state index >= 15 is 0 Å². The molecule has 1 aromatic heterocycles. The average molecular weight is 329 g/mol. The zero-order chi connectivity index (χ0) is 16.7. The van der Waals surface area contributed by atoms with Gasteiger partial charge in [0.1, 0.15) is 23.7 Å². The molecule has 0 bridgehead atoms. The summed E-state index contributed by atoms with van der Waals surface area (Å²) in [5.74, 6) is 1.00. The molecule has 0 radical (unpaired) electrons. The van der Waals surface area contributed by atoms with E-state index in [4.69, 9.17) is 4.74 Å². The lowest BCUT2D eigenvalue weighted by Crippen LogP contribution is -2.27. The summed E-state index contributed by atoms with van der Waals surface area (Å²) < 4.78 is 19.4. The molecule has 0 saturated heterocycles. The van der Waals surface area contributed by atoms with E-state index in [-0.39, 0.29) is 5.82 Å². The lowest BCUT2D eigenvalue weighted by atomic mass is 10.0. The van der Waals surface area contributed by atoms with Crippen LogP contribution in [0.3, 0.4) is 0 Å². The van der Waals surface area contributed by atoms with E-state index in [1.165, 1.54) is 23.4 Å². The van der Waals surface area contributed by atoms with Gasteiger partial charge < -0.3 is 9.84 Å². The molecule has 0 atom stereocenters. The molecular weight excluding hydrogens is 313 g/mol. The first kappa shape index (κ1) is 14.9. The highest BCUT2D eigenvalue weighted by Gasteiger charge is 2.30. The van der Waals surface area contributed by atoms with Gasteiger partial charge in [-0.15, -0.1) is 0 Å². The first-order valence-electron chi connectivity index (χ1n) is 7.90. The smallest absolute Gasteiger partial charge is 0.413 e. The SMILES string of the molecule is O=C(O)N1CCc2c(-c3ccc(F)cc3OCC3CC3)ncnc21. The largest absolute Gasteiger partial charge is 0.492 e. The monoisotopic (exact) mass is 329 g/mol. The molecule has 24 heavy (non-hydrogen) atoms. The quantitative estimate of drug-likeness (QED) is 0.933. The van der Waals surface area contributed by atoms with Crippen molar-refractivity contribution in [3.05, 3.63) is 35.9 Å². The van der Waals surface area contributed by atoms with Gasteiger partial charge in [0.15, 0.2) is 0 Å². The van der Waals surface area contributed by atoms with Gasteiger partial charge in [0, 0.05) is 23.7 Å². The summed E-state index contributed by atoms with van der Waals surface area (Å²) in [6.45, 7) is 0.904. The van der Waals surface area contributed by atoms with Crippen LogP contribution in [0.2, 0.25) is 0 Å². The molecule has 6 nitrogen and oxygen atoms in total. The number of carbonyl (C=O) groups is 1. The van der Waals surface area contributed by atoms with E-state index in [9.17, 15) is 14.3 Å². The van der Waals surface area contributed by atoms with Crippen LogP contribution in [0, 0.1) is 11.7 Å². The normalized spacial score (nSPS) is 16.1. The maximum Gasteiger partial charge on any atom is 0.413 e. The molecule has 124 valence electrons. The van der Waals surface area contributed by atoms with Crippen molar-refractivity contribution in [2.45, 2.75) is 19.3 Å². The van der Waals surface area contributed by atoms with Crippen LogP contribution >= 0.6 is 0 Å². The maximum absolute atomic E-state index is 13.6. The Morgan fingerprint density at radius 2 is 2.21 bits per heavy atom. The Bertz CT molecular complexity index is 808. The summed E-state index contributed by atoms with van der Waals surface area (Å²) in [5.41, 5.74) is 2.03. The third-order valence-electron chi connectivity index (χ3n) is 4.36. The molecular formula is C17H16FN3O3. The van der Waals surface area contributed by atoms with E-state index in [1.54, 1.807) is 6.07 Å². The Hall–Kier alpha value is -2.70. The molecule has 1 aromatic carbocycles. The van der Waals surface area contributed by atoms with Crippen molar-refractivity contribution in [3.63, 3.8) is 0 Å². The molecule has 1 aliphatic carbocycles. The Balaban J connectivity index is 1.75. The molecule has 4 rings (SSSR count). The van der Waals surface area contributed by atoms with Crippen LogP contribution in [-0.4, -0.2) is 34.3 Å². The second-order valence-corrected chi connectivity index (χ2v) is 6.10. The molecule has 1 amide bonds. The Morgan fingerprint density at radius 3 is 2.96 bits per heavy atom. The molecule has 1 aliphatic heterocycles. The van der Waals surface area contributed by atoms with Gasteiger partial charge in [-0.25, -0.2) is 19.2 Å². The van der Waals surface area contributed by atoms with Crippen LogP contribution in [0.15, 0.2) is 24.5 Å². The number of hydrogen-bond donors (Lipinski definition) is 1. The number of amides is 1. The second-order valence-electron chi connectivity index (χ2n) is 6.10. The average Bonchev–Trinajstić information content (AvgIpc) is 3.29. The third-order valence-corrected chi connectivity index (χ3v) is 4.36. The third kappa shape index (κ3) is 2.66. The number of nitrogens with zero attached hydrogens (tertiary/aromatic N) is 3.